The molecule has 1 heterocycles. The molecule has 6 nitrogen and oxygen atoms in total. The molecule has 132 valence electrons. The van der Waals surface area contributed by atoms with E-state index in [0.717, 1.165) is 6.42 Å². The Hall–Kier alpha value is -1.79. The maximum Gasteiger partial charge on any atom is 0.311 e. The zero-order chi connectivity index (χ0) is 17.6. The molecule has 1 aliphatic heterocycles. The summed E-state index contributed by atoms with van der Waals surface area (Å²) >= 11 is 5.98. The summed E-state index contributed by atoms with van der Waals surface area (Å²) in [6.07, 6.45) is 1.56. The molecule has 1 aliphatic rings. The fourth-order valence-electron chi connectivity index (χ4n) is 2.59. The Bertz CT molecular complexity index is 599. The Morgan fingerprint density at radius 2 is 2.08 bits per heavy atom. The predicted octanol–water partition coefficient (Wildman–Crippen LogP) is 2.74. The molecule has 7 heteroatoms. The third-order valence-corrected chi connectivity index (χ3v) is 4.37. The van der Waals surface area contributed by atoms with Gasteiger partial charge in [-0.3, -0.25) is 9.59 Å². The Labute approximate surface area is 146 Å². The quantitative estimate of drug-likeness (QED) is 0.785. The Morgan fingerprint density at radius 3 is 2.71 bits per heavy atom. The highest BCUT2D eigenvalue weighted by Gasteiger charge is 2.40. The normalized spacial score (nSPS) is 16.4. The lowest BCUT2D eigenvalue weighted by Crippen LogP contribution is -2.46. The number of hydrogen-bond acceptors (Lipinski definition) is 4. The van der Waals surface area contributed by atoms with Crippen LogP contribution in [-0.2, 0) is 9.53 Å². The van der Waals surface area contributed by atoms with Crippen molar-refractivity contribution in [2.45, 2.75) is 26.2 Å². The number of amides is 1. The lowest BCUT2D eigenvalue weighted by atomic mass is 9.80. The van der Waals surface area contributed by atoms with Gasteiger partial charge in [0, 0.05) is 24.8 Å². The van der Waals surface area contributed by atoms with E-state index in [1.165, 1.54) is 6.07 Å². The predicted molar refractivity (Wildman–Crippen MR) is 89.7 cm³/mol. The van der Waals surface area contributed by atoms with Crippen LogP contribution in [0.3, 0.4) is 0 Å². The van der Waals surface area contributed by atoms with Crippen LogP contribution >= 0.6 is 11.6 Å². The van der Waals surface area contributed by atoms with Crippen molar-refractivity contribution in [1.29, 1.82) is 0 Å². The number of carbonyl (C=O) groups excluding carboxylic acids is 1. The van der Waals surface area contributed by atoms with Gasteiger partial charge >= 0.3 is 5.97 Å². The molecule has 2 rings (SSSR count). The van der Waals surface area contributed by atoms with Crippen molar-refractivity contribution >= 4 is 23.5 Å². The maximum atomic E-state index is 12.5. The molecule has 1 saturated heterocycles. The van der Waals surface area contributed by atoms with Crippen LogP contribution in [0.25, 0.3) is 0 Å². The van der Waals surface area contributed by atoms with Crippen molar-refractivity contribution < 1.29 is 24.2 Å². The van der Waals surface area contributed by atoms with Crippen LogP contribution in [0.4, 0.5) is 0 Å². The summed E-state index contributed by atoms with van der Waals surface area (Å²) in [5, 5.41) is 12.7. The first kappa shape index (κ1) is 18.5. The van der Waals surface area contributed by atoms with Gasteiger partial charge in [-0.25, -0.2) is 0 Å². The fourth-order valence-corrected chi connectivity index (χ4v) is 2.76. The van der Waals surface area contributed by atoms with Gasteiger partial charge in [-0.1, -0.05) is 18.5 Å². The molecule has 0 aromatic heterocycles. The van der Waals surface area contributed by atoms with E-state index in [-0.39, 0.29) is 6.54 Å². The average Bonchev–Trinajstić information content (AvgIpc) is 2.59. The Kier molecular flexibility index (Phi) is 6.45. The molecule has 0 radical (unpaired) electrons. The van der Waals surface area contributed by atoms with E-state index in [0.29, 0.717) is 49.0 Å². The van der Waals surface area contributed by atoms with E-state index in [2.05, 4.69) is 5.32 Å². The summed E-state index contributed by atoms with van der Waals surface area (Å²) < 4.78 is 10.8. The molecule has 0 spiro atoms. The summed E-state index contributed by atoms with van der Waals surface area (Å²) in [4.78, 5) is 24.1. The van der Waals surface area contributed by atoms with Crippen LogP contribution in [-0.4, -0.2) is 43.3 Å². The van der Waals surface area contributed by atoms with E-state index >= 15 is 0 Å². The first-order valence-corrected chi connectivity index (χ1v) is 8.38. The third-order valence-electron chi connectivity index (χ3n) is 4.14. The van der Waals surface area contributed by atoms with Gasteiger partial charge in [0.25, 0.3) is 5.91 Å². The second kappa shape index (κ2) is 8.35. The third kappa shape index (κ3) is 4.39. The number of carboxylic acid groups (broad SMARTS) is 1. The Morgan fingerprint density at radius 1 is 1.38 bits per heavy atom. The van der Waals surface area contributed by atoms with Crippen molar-refractivity contribution in [1.82, 2.24) is 5.32 Å². The lowest BCUT2D eigenvalue weighted by Gasteiger charge is -2.33. The van der Waals surface area contributed by atoms with Crippen molar-refractivity contribution in [3.63, 3.8) is 0 Å². The minimum absolute atomic E-state index is 0.0459. The number of hydrogen-bond donors (Lipinski definition) is 2. The van der Waals surface area contributed by atoms with E-state index in [1.54, 1.807) is 12.1 Å². The van der Waals surface area contributed by atoms with E-state index in [4.69, 9.17) is 21.1 Å². The second-order valence-electron chi connectivity index (χ2n) is 5.87. The maximum absolute atomic E-state index is 12.5. The van der Waals surface area contributed by atoms with Gasteiger partial charge in [0.1, 0.15) is 5.75 Å². The number of carboxylic acids is 1. The van der Waals surface area contributed by atoms with Crippen molar-refractivity contribution in [2.75, 3.05) is 26.4 Å². The highest BCUT2D eigenvalue weighted by Crippen LogP contribution is 2.30. The molecule has 0 saturated carbocycles. The van der Waals surface area contributed by atoms with Crippen molar-refractivity contribution in [3.05, 3.63) is 28.8 Å². The summed E-state index contributed by atoms with van der Waals surface area (Å²) in [6, 6.07) is 4.83. The number of ether oxygens (including phenoxy) is 2. The zero-order valence-electron chi connectivity index (χ0n) is 13.6. The van der Waals surface area contributed by atoms with Crippen LogP contribution in [0.5, 0.6) is 5.75 Å². The van der Waals surface area contributed by atoms with Crippen molar-refractivity contribution in [2.24, 2.45) is 5.41 Å². The molecular formula is C17H22ClNO5. The molecule has 1 amide bonds. The highest BCUT2D eigenvalue weighted by molar-refractivity contribution is 6.31. The first-order chi connectivity index (χ1) is 11.5. The van der Waals surface area contributed by atoms with Crippen molar-refractivity contribution in [3.8, 4) is 5.75 Å². The number of aliphatic carboxylic acids is 1. The van der Waals surface area contributed by atoms with Crippen LogP contribution in [0.15, 0.2) is 18.2 Å². The monoisotopic (exact) mass is 355 g/mol. The molecule has 0 atom stereocenters. The van der Waals surface area contributed by atoms with E-state index < -0.39 is 17.3 Å². The number of halogens is 1. The molecular weight excluding hydrogens is 334 g/mol. The molecule has 0 unspecified atom stereocenters. The molecule has 0 aliphatic carbocycles. The van der Waals surface area contributed by atoms with Crippen LogP contribution in [0.1, 0.15) is 36.5 Å². The highest BCUT2D eigenvalue weighted by atomic mass is 35.5. The number of carbonyl (C=O) groups is 2. The SMILES string of the molecule is CCCOc1ccc(Cl)cc1C(=O)NCC1(C(=O)O)CCOCC1. The number of benzene rings is 1. The lowest BCUT2D eigenvalue weighted by molar-refractivity contribution is -0.154. The summed E-state index contributed by atoms with van der Waals surface area (Å²) in [5.41, 5.74) is -0.680. The number of nitrogens with one attached hydrogen (secondary N) is 1. The molecule has 24 heavy (non-hydrogen) atoms. The Balaban J connectivity index is 2.11. The van der Waals surface area contributed by atoms with Gasteiger partial charge in [0.15, 0.2) is 0 Å². The van der Waals surface area contributed by atoms with Gasteiger partial charge in [-0.15, -0.1) is 0 Å². The molecule has 1 aromatic carbocycles. The molecule has 1 fully saturated rings. The van der Waals surface area contributed by atoms with Crippen LogP contribution in [0, 0.1) is 5.41 Å². The minimum Gasteiger partial charge on any atom is -0.493 e. The van der Waals surface area contributed by atoms with Gasteiger partial charge < -0.3 is 19.9 Å². The fraction of sp³-hybridized carbons (Fsp3) is 0.529. The first-order valence-electron chi connectivity index (χ1n) is 8.00. The molecule has 0 bridgehead atoms. The van der Waals surface area contributed by atoms with E-state index in [1.807, 2.05) is 6.92 Å². The summed E-state index contributed by atoms with van der Waals surface area (Å²) in [7, 11) is 0. The molecule has 1 aromatic rings. The van der Waals surface area contributed by atoms with Crippen LogP contribution < -0.4 is 10.1 Å². The van der Waals surface area contributed by atoms with Gasteiger partial charge in [-0.2, -0.15) is 0 Å². The van der Waals surface area contributed by atoms with Gasteiger partial charge in [-0.05, 0) is 37.5 Å². The second-order valence-corrected chi connectivity index (χ2v) is 6.31. The molecule has 2 N–H and O–H groups in total. The standard InChI is InChI=1S/C17H22ClNO5/c1-2-7-24-14-4-3-12(18)10-13(14)15(20)19-11-17(16(21)22)5-8-23-9-6-17/h3-4,10H,2,5-9,11H2,1H3,(H,19,20)(H,21,22). The zero-order valence-corrected chi connectivity index (χ0v) is 14.4. The van der Waals surface area contributed by atoms with Gasteiger partial charge in [0.2, 0.25) is 0 Å². The van der Waals surface area contributed by atoms with Crippen LogP contribution in [0.2, 0.25) is 5.02 Å². The topological polar surface area (TPSA) is 84.9 Å². The largest absolute Gasteiger partial charge is 0.493 e. The van der Waals surface area contributed by atoms with E-state index in [9.17, 15) is 14.7 Å². The average molecular weight is 356 g/mol. The summed E-state index contributed by atoms with van der Waals surface area (Å²) in [6.45, 7) is 3.26. The number of rotatable bonds is 7. The summed E-state index contributed by atoms with van der Waals surface area (Å²) in [5.74, 6) is -0.870. The minimum atomic E-state index is -0.989. The van der Waals surface area contributed by atoms with Gasteiger partial charge in [0.05, 0.1) is 17.6 Å². The smallest absolute Gasteiger partial charge is 0.311 e.